The zero-order chi connectivity index (χ0) is 38.8. The molecule has 2 aromatic heterocycles. The van der Waals surface area contributed by atoms with Crippen molar-refractivity contribution >= 4 is 31.5 Å². The van der Waals surface area contributed by atoms with Crippen LogP contribution in [0.2, 0.25) is 0 Å². The van der Waals surface area contributed by atoms with Crippen molar-refractivity contribution in [1.82, 2.24) is 9.97 Å². The van der Waals surface area contributed by atoms with Crippen molar-refractivity contribution in [3.8, 4) is 78.4 Å². The van der Waals surface area contributed by atoms with Crippen molar-refractivity contribution in [3.05, 3.63) is 205 Å². The van der Waals surface area contributed by atoms with Gasteiger partial charge in [-0.1, -0.05) is 196 Å². The fraction of sp³-hybridized carbons (Fsp3) is 0.0545. The summed E-state index contributed by atoms with van der Waals surface area (Å²) in [7, 11) is 0. The number of rotatable bonds is 6. The summed E-state index contributed by atoms with van der Waals surface area (Å²) >= 11 is 1.87. The molecule has 58 heavy (non-hydrogen) atoms. The van der Waals surface area contributed by atoms with Crippen molar-refractivity contribution in [2.45, 2.75) is 19.3 Å². The molecule has 0 amide bonds. The molecule has 274 valence electrons. The Balaban J connectivity index is 1.00. The first-order chi connectivity index (χ1) is 28.5. The van der Waals surface area contributed by atoms with E-state index in [2.05, 4.69) is 208 Å². The Morgan fingerprint density at radius 2 is 0.897 bits per heavy atom. The Labute approximate surface area is 342 Å². The maximum atomic E-state index is 5.42. The van der Waals surface area contributed by atoms with Gasteiger partial charge in [0.1, 0.15) is 0 Å². The molecule has 3 heteroatoms. The smallest absolute Gasteiger partial charge is 0.160 e. The van der Waals surface area contributed by atoms with Gasteiger partial charge < -0.3 is 0 Å². The van der Waals surface area contributed by atoms with Gasteiger partial charge in [0.25, 0.3) is 0 Å². The lowest BCUT2D eigenvalue weighted by molar-refractivity contribution is 0.660. The number of aromatic nitrogens is 2. The van der Waals surface area contributed by atoms with Crippen molar-refractivity contribution < 1.29 is 0 Å². The van der Waals surface area contributed by atoms with Crippen LogP contribution in [-0.2, 0) is 5.41 Å². The normalized spacial score (nSPS) is 12.8. The average Bonchev–Trinajstić information content (AvgIpc) is 3.78. The third kappa shape index (κ3) is 5.62. The highest BCUT2D eigenvalue weighted by Gasteiger charge is 2.35. The molecule has 0 bridgehead atoms. The van der Waals surface area contributed by atoms with Crippen LogP contribution in [0.3, 0.4) is 0 Å². The zero-order valence-corrected chi connectivity index (χ0v) is 33.1. The fourth-order valence-corrected chi connectivity index (χ4v) is 10.2. The van der Waals surface area contributed by atoms with Crippen molar-refractivity contribution in [3.63, 3.8) is 0 Å². The molecular formula is C55H38N2S. The minimum absolute atomic E-state index is 0.127. The topological polar surface area (TPSA) is 25.8 Å². The molecule has 0 saturated carbocycles. The van der Waals surface area contributed by atoms with E-state index in [0.29, 0.717) is 5.82 Å². The molecule has 2 nitrogen and oxygen atoms in total. The molecule has 0 fully saturated rings. The van der Waals surface area contributed by atoms with Crippen molar-refractivity contribution in [2.24, 2.45) is 0 Å². The minimum atomic E-state index is -0.127. The summed E-state index contributed by atoms with van der Waals surface area (Å²) in [6, 6.07) is 69.9. The molecule has 0 radical (unpaired) electrons. The second kappa shape index (κ2) is 13.6. The predicted octanol–water partition coefficient (Wildman–Crippen LogP) is 15.2. The van der Waals surface area contributed by atoms with Crippen LogP contribution in [0, 0.1) is 0 Å². The van der Waals surface area contributed by atoms with Gasteiger partial charge in [0.05, 0.1) is 11.4 Å². The molecule has 1 aliphatic rings. The number of benzene rings is 8. The molecule has 0 aliphatic heterocycles. The average molecular weight is 759 g/mol. The van der Waals surface area contributed by atoms with Crippen LogP contribution >= 0.6 is 11.3 Å². The molecule has 0 N–H and O–H groups in total. The highest BCUT2D eigenvalue weighted by molar-refractivity contribution is 7.26. The second-order valence-electron chi connectivity index (χ2n) is 15.7. The number of nitrogens with zero attached hydrogens (tertiary/aromatic N) is 2. The van der Waals surface area contributed by atoms with Gasteiger partial charge in [-0.25, -0.2) is 9.97 Å². The van der Waals surface area contributed by atoms with Crippen LogP contribution in [0.15, 0.2) is 194 Å². The Hall–Kier alpha value is -6.94. The van der Waals surface area contributed by atoms with E-state index in [1.807, 2.05) is 11.3 Å². The van der Waals surface area contributed by atoms with Gasteiger partial charge in [0.2, 0.25) is 0 Å². The van der Waals surface area contributed by atoms with Crippen LogP contribution < -0.4 is 0 Å². The van der Waals surface area contributed by atoms with Gasteiger partial charge in [-0.05, 0) is 62.2 Å². The first kappa shape index (κ1) is 34.3. The number of thiophene rings is 1. The Kier molecular flexibility index (Phi) is 8.06. The zero-order valence-electron chi connectivity index (χ0n) is 32.3. The summed E-state index contributed by atoms with van der Waals surface area (Å²) in [6.45, 7) is 4.67. The van der Waals surface area contributed by atoms with E-state index in [4.69, 9.17) is 9.97 Å². The lowest BCUT2D eigenvalue weighted by Gasteiger charge is -2.23. The fourth-order valence-electron chi connectivity index (χ4n) is 8.96. The quantitative estimate of drug-likeness (QED) is 0.169. The third-order valence-corrected chi connectivity index (χ3v) is 13.2. The first-order valence-corrected chi connectivity index (χ1v) is 20.7. The summed E-state index contributed by atoms with van der Waals surface area (Å²) in [5.74, 6) is 0.702. The van der Waals surface area contributed by atoms with Gasteiger partial charge in [-0.2, -0.15) is 0 Å². The van der Waals surface area contributed by atoms with E-state index in [1.165, 1.54) is 59.1 Å². The molecule has 10 aromatic rings. The molecule has 8 aromatic carbocycles. The lowest BCUT2D eigenvalue weighted by Crippen LogP contribution is -2.15. The standard InChI is InChI=1S/C55H38N2S/c1-55(2)47-22-11-9-18-43(47)44-33-32-41(34-48(44)55)50-51(38-14-5-3-6-15-38)56-54(57-52(50)39-16-7-4-8-17-39)40-30-26-36(27-31-40)35-24-28-37(29-25-35)42-20-13-21-46-45-19-10-12-23-49(45)58-53(42)46/h3-34H,1-2H3. The minimum Gasteiger partial charge on any atom is -0.227 e. The lowest BCUT2D eigenvalue weighted by atomic mass is 9.81. The van der Waals surface area contributed by atoms with E-state index in [0.717, 1.165) is 44.8 Å². The largest absolute Gasteiger partial charge is 0.227 e. The number of fused-ring (bicyclic) bond motifs is 6. The number of hydrogen-bond donors (Lipinski definition) is 0. The van der Waals surface area contributed by atoms with E-state index in [9.17, 15) is 0 Å². The van der Waals surface area contributed by atoms with Crippen molar-refractivity contribution in [1.29, 1.82) is 0 Å². The summed E-state index contributed by atoms with van der Waals surface area (Å²) < 4.78 is 2.66. The second-order valence-corrected chi connectivity index (χ2v) is 16.8. The van der Waals surface area contributed by atoms with E-state index < -0.39 is 0 Å². The SMILES string of the molecule is CC1(C)c2ccccc2-c2ccc(-c3c(-c4ccccc4)nc(-c4ccc(-c5ccc(-c6cccc7c6sc6ccccc67)cc5)cc4)nc3-c3ccccc3)cc21. The van der Waals surface area contributed by atoms with Crippen LogP contribution in [0.1, 0.15) is 25.0 Å². The van der Waals surface area contributed by atoms with Crippen LogP contribution in [0.5, 0.6) is 0 Å². The molecular weight excluding hydrogens is 721 g/mol. The Morgan fingerprint density at radius 1 is 0.379 bits per heavy atom. The summed E-state index contributed by atoms with van der Waals surface area (Å²) in [4.78, 5) is 10.8. The molecule has 1 aliphatic carbocycles. The number of hydrogen-bond acceptors (Lipinski definition) is 3. The van der Waals surface area contributed by atoms with Crippen LogP contribution in [-0.4, -0.2) is 9.97 Å². The van der Waals surface area contributed by atoms with Gasteiger partial charge in [0, 0.05) is 47.8 Å². The third-order valence-electron chi connectivity index (χ3n) is 12.0. The summed E-state index contributed by atoms with van der Waals surface area (Å²) in [6.07, 6.45) is 0. The molecule has 11 rings (SSSR count). The van der Waals surface area contributed by atoms with E-state index >= 15 is 0 Å². The molecule has 0 atom stereocenters. The van der Waals surface area contributed by atoms with Gasteiger partial charge in [-0.3, -0.25) is 0 Å². The van der Waals surface area contributed by atoms with E-state index in [1.54, 1.807) is 0 Å². The highest BCUT2D eigenvalue weighted by atomic mass is 32.1. The van der Waals surface area contributed by atoms with Crippen LogP contribution in [0.4, 0.5) is 0 Å². The van der Waals surface area contributed by atoms with Crippen molar-refractivity contribution in [2.75, 3.05) is 0 Å². The molecule has 2 heterocycles. The predicted molar refractivity (Wildman–Crippen MR) is 245 cm³/mol. The maximum Gasteiger partial charge on any atom is 0.160 e. The van der Waals surface area contributed by atoms with Crippen LogP contribution in [0.25, 0.3) is 98.6 Å². The summed E-state index contributed by atoms with van der Waals surface area (Å²) in [5, 5.41) is 2.64. The maximum absolute atomic E-state index is 5.42. The first-order valence-electron chi connectivity index (χ1n) is 19.9. The van der Waals surface area contributed by atoms with Gasteiger partial charge in [0.15, 0.2) is 5.82 Å². The molecule has 0 saturated heterocycles. The highest BCUT2D eigenvalue weighted by Crippen LogP contribution is 2.51. The Bertz CT molecular complexity index is 3100. The molecule has 0 spiro atoms. The summed E-state index contributed by atoms with van der Waals surface area (Å²) in [5.41, 5.74) is 17.1. The Morgan fingerprint density at radius 3 is 1.59 bits per heavy atom. The van der Waals surface area contributed by atoms with E-state index in [-0.39, 0.29) is 5.41 Å². The van der Waals surface area contributed by atoms with Gasteiger partial charge >= 0.3 is 0 Å². The molecule has 0 unspecified atom stereocenters. The monoisotopic (exact) mass is 758 g/mol. The van der Waals surface area contributed by atoms with Gasteiger partial charge in [-0.15, -0.1) is 11.3 Å².